The molecule has 0 saturated heterocycles. The van der Waals surface area contributed by atoms with Gasteiger partial charge < -0.3 is 10.1 Å². The molecular weight excluding hydrogens is 358 g/mol. The minimum atomic E-state index is -1.36. The van der Waals surface area contributed by atoms with Gasteiger partial charge in [0.1, 0.15) is 5.75 Å². The molecule has 1 N–H and O–H groups in total. The monoisotopic (exact) mass is 387 g/mol. The van der Waals surface area contributed by atoms with Gasteiger partial charge in [-0.05, 0) is 67.1 Å². The maximum atomic E-state index is 13.3. The van der Waals surface area contributed by atoms with E-state index < -0.39 is 10.8 Å². The van der Waals surface area contributed by atoms with Crippen LogP contribution in [-0.4, -0.2) is 17.2 Å². The Hall–Kier alpha value is -2.14. The predicted octanol–water partition coefficient (Wildman–Crippen LogP) is 5.34. The van der Waals surface area contributed by atoms with E-state index in [9.17, 15) is 9.00 Å². The lowest BCUT2D eigenvalue weighted by Crippen LogP contribution is -2.11. The van der Waals surface area contributed by atoms with Crippen molar-refractivity contribution in [1.82, 2.24) is 0 Å². The van der Waals surface area contributed by atoms with Crippen LogP contribution in [0.4, 0.5) is 5.69 Å². The fraction of sp³-hybridized carbons (Fsp3) is 0.409. The molecule has 2 aromatic carbocycles. The van der Waals surface area contributed by atoms with Crippen LogP contribution >= 0.6 is 0 Å². The van der Waals surface area contributed by atoms with Gasteiger partial charge in [-0.15, -0.1) is 0 Å². The first-order valence-electron chi connectivity index (χ1n) is 9.29. The Bertz CT molecular complexity index is 836. The van der Waals surface area contributed by atoms with E-state index in [1.807, 2.05) is 51.1 Å². The van der Waals surface area contributed by atoms with Crippen LogP contribution in [0.2, 0.25) is 0 Å². The van der Waals surface area contributed by atoms with Crippen LogP contribution < -0.4 is 10.1 Å². The zero-order chi connectivity index (χ0) is 20.1. The molecule has 0 aliphatic carbocycles. The van der Waals surface area contributed by atoms with Gasteiger partial charge in [0.2, 0.25) is 5.91 Å². The van der Waals surface area contributed by atoms with Gasteiger partial charge in [-0.2, -0.15) is 0 Å². The molecule has 5 heteroatoms. The van der Waals surface area contributed by atoms with Crippen molar-refractivity contribution in [2.75, 3.05) is 12.4 Å². The molecule has 0 saturated carbocycles. The minimum absolute atomic E-state index is 0.00360. The van der Waals surface area contributed by atoms with Gasteiger partial charge in [0.25, 0.3) is 0 Å². The van der Waals surface area contributed by atoms with Gasteiger partial charge in [0.05, 0.1) is 22.8 Å². The third-order valence-corrected chi connectivity index (χ3v) is 6.21. The predicted molar refractivity (Wildman–Crippen MR) is 111 cm³/mol. The number of nitrogens with one attached hydrogen (secondary N) is 1. The number of aryl methyl sites for hydroxylation is 2. The van der Waals surface area contributed by atoms with E-state index in [4.69, 9.17) is 4.74 Å². The first-order valence-corrected chi connectivity index (χ1v) is 10.4. The zero-order valence-corrected chi connectivity index (χ0v) is 17.8. The highest BCUT2D eigenvalue weighted by atomic mass is 32.2. The average Bonchev–Trinajstić information content (AvgIpc) is 2.60. The molecule has 1 atom stereocenters. The van der Waals surface area contributed by atoms with Crippen molar-refractivity contribution in [2.45, 2.75) is 63.2 Å². The van der Waals surface area contributed by atoms with Crippen LogP contribution in [0.1, 0.15) is 56.2 Å². The summed E-state index contributed by atoms with van der Waals surface area (Å²) in [7, 11) is 0.238. The third kappa shape index (κ3) is 4.98. The Kier molecular flexibility index (Phi) is 7.19. The Morgan fingerprint density at radius 3 is 2.30 bits per heavy atom. The Balaban J connectivity index is 2.41. The van der Waals surface area contributed by atoms with Crippen LogP contribution in [0.15, 0.2) is 40.1 Å². The van der Waals surface area contributed by atoms with Crippen molar-refractivity contribution in [3.05, 3.63) is 47.0 Å². The van der Waals surface area contributed by atoms with Crippen molar-refractivity contribution in [2.24, 2.45) is 0 Å². The molecular formula is C22H29NO3S. The second kappa shape index (κ2) is 9.18. The van der Waals surface area contributed by atoms with Crippen LogP contribution in [0.5, 0.6) is 5.75 Å². The summed E-state index contributed by atoms with van der Waals surface area (Å²) in [6, 6.07) is 9.61. The normalized spacial score (nSPS) is 12.1. The highest BCUT2D eigenvalue weighted by Gasteiger charge is 2.19. The lowest BCUT2D eigenvalue weighted by atomic mass is 10.0. The number of ether oxygens (including phenoxy) is 1. The van der Waals surface area contributed by atoms with Gasteiger partial charge >= 0.3 is 0 Å². The Morgan fingerprint density at radius 1 is 1.15 bits per heavy atom. The van der Waals surface area contributed by atoms with Crippen LogP contribution in [0.25, 0.3) is 0 Å². The molecule has 1 unspecified atom stereocenters. The summed E-state index contributed by atoms with van der Waals surface area (Å²) < 4.78 is 18.8. The lowest BCUT2D eigenvalue weighted by molar-refractivity contribution is -0.116. The SMILES string of the molecule is CCCC(=O)Nc1cc(C)c(S(=O)c2ccc(C(C)C)cc2OC)c(C)c1. The molecule has 0 fully saturated rings. The summed E-state index contributed by atoms with van der Waals surface area (Å²) in [5.41, 5.74) is 3.66. The van der Waals surface area contributed by atoms with Crippen molar-refractivity contribution in [1.29, 1.82) is 0 Å². The summed E-state index contributed by atoms with van der Waals surface area (Å²) >= 11 is 0. The Morgan fingerprint density at radius 2 is 1.78 bits per heavy atom. The summed E-state index contributed by atoms with van der Waals surface area (Å²) in [4.78, 5) is 13.3. The minimum Gasteiger partial charge on any atom is -0.495 e. The molecule has 0 radical (unpaired) electrons. The first kappa shape index (κ1) is 21.2. The molecule has 0 aliphatic rings. The van der Waals surface area contributed by atoms with Crippen LogP contribution in [0.3, 0.4) is 0 Å². The topological polar surface area (TPSA) is 55.4 Å². The second-order valence-corrected chi connectivity index (χ2v) is 8.46. The van der Waals surface area contributed by atoms with Crippen molar-refractivity contribution < 1.29 is 13.7 Å². The van der Waals surface area contributed by atoms with Crippen LogP contribution in [-0.2, 0) is 15.6 Å². The molecule has 0 aromatic heterocycles. The summed E-state index contributed by atoms with van der Waals surface area (Å²) in [5.74, 6) is 1.01. The van der Waals surface area contributed by atoms with Gasteiger partial charge in [-0.1, -0.05) is 26.8 Å². The molecule has 0 heterocycles. The first-order chi connectivity index (χ1) is 12.8. The van der Waals surface area contributed by atoms with E-state index in [2.05, 4.69) is 19.2 Å². The molecule has 0 spiro atoms. The highest BCUT2D eigenvalue weighted by Crippen LogP contribution is 2.33. The number of carbonyl (C=O) groups excluding carboxylic acids is 1. The average molecular weight is 388 g/mol. The summed E-state index contributed by atoms with van der Waals surface area (Å²) in [5, 5.41) is 2.91. The number of rotatable bonds is 7. The quantitative estimate of drug-likeness (QED) is 0.697. The number of benzene rings is 2. The number of hydrogen-bond acceptors (Lipinski definition) is 3. The molecule has 0 bridgehead atoms. The number of hydrogen-bond donors (Lipinski definition) is 1. The van der Waals surface area contributed by atoms with Crippen LogP contribution in [0, 0.1) is 13.8 Å². The Labute approximate surface area is 164 Å². The van der Waals surface area contributed by atoms with E-state index in [-0.39, 0.29) is 5.91 Å². The maximum absolute atomic E-state index is 13.3. The molecule has 4 nitrogen and oxygen atoms in total. The van der Waals surface area contributed by atoms with E-state index in [1.54, 1.807) is 7.11 Å². The molecule has 2 rings (SSSR count). The molecule has 0 aliphatic heterocycles. The van der Waals surface area contributed by atoms with Crippen molar-refractivity contribution >= 4 is 22.4 Å². The fourth-order valence-corrected chi connectivity index (χ4v) is 4.51. The van der Waals surface area contributed by atoms with E-state index in [1.165, 1.54) is 0 Å². The smallest absolute Gasteiger partial charge is 0.224 e. The molecule has 2 aromatic rings. The van der Waals surface area contributed by atoms with Gasteiger partial charge in [-0.3, -0.25) is 4.79 Å². The number of amides is 1. The van der Waals surface area contributed by atoms with E-state index in [0.717, 1.165) is 33.7 Å². The second-order valence-electron chi connectivity index (χ2n) is 7.07. The molecule has 146 valence electrons. The summed E-state index contributed by atoms with van der Waals surface area (Å²) in [6.45, 7) is 10.0. The van der Waals surface area contributed by atoms with Crippen molar-refractivity contribution in [3.63, 3.8) is 0 Å². The van der Waals surface area contributed by atoms with Gasteiger partial charge in [-0.25, -0.2) is 4.21 Å². The van der Waals surface area contributed by atoms with Crippen molar-refractivity contribution in [3.8, 4) is 5.75 Å². The van der Waals surface area contributed by atoms with Gasteiger partial charge in [0, 0.05) is 17.0 Å². The fourth-order valence-electron chi connectivity index (χ4n) is 3.07. The maximum Gasteiger partial charge on any atom is 0.224 e. The lowest BCUT2D eigenvalue weighted by Gasteiger charge is -2.16. The largest absolute Gasteiger partial charge is 0.495 e. The number of carbonyl (C=O) groups is 1. The van der Waals surface area contributed by atoms with E-state index >= 15 is 0 Å². The third-order valence-electron chi connectivity index (χ3n) is 4.46. The standard InChI is InChI=1S/C22H29NO3S/c1-7-8-21(24)23-18-11-15(4)22(16(5)12-18)27(25)20-10-9-17(14(2)3)13-19(20)26-6/h9-14H,7-8H2,1-6H3,(H,23,24). The van der Waals surface area contributed by atoms with E-state index in [0.29, 0.717) is 23.0 Å². The highest BCUT2D eigenvalue weighted by molar-refractivity contribution is 7.85. The number of methoxy groups -OCH3 is 1. The molecule has 27 heavy (non-hydrogen) atoms. The number of anilines is 1. The zero-order valence-electron chi connectivity index (χ0n) is 17.0. The molecule has 1 amide bonds. The summed E-state index contributed by atoms with van der Waals surface area (Å²) in [6.07, 6.45) is 1.29. The van der Waals surface area contributed by atoms with Gasteiger partial charge in [0.15, 0.2) is 0 Å².